The number of hydrogen-bond acceptors (Lipinski definition) is 5. The Balaban J connectivity index is 1.67. The standard InChI is InChI=1S/C20H19ClN2O2S/c21-14-12-16-19(13-17(14)25-20-8-3-4-11-24-20)26-18-7-2-1-6-15(18)23(16)10-5-9-22/h1-2,6-7,12-13,20H,3-5,8,10-11H2. The van der Waals surface area contributed by atoms with E-state index in [9.17, 15) is 0 Å². The maximum atomic E-state index is 9.03. The molecule has 0 spiro atoms. The van der Waals surface area contributed by atoms with Crippen molar-refractivity contribution in [1.29, 1.82) is 5.26 Å². The third-order valence-corrected chi connectivity index (χ3v) is 5.93. The third-order valence-electron chi connectivity index (χ3n) is 4.52. The fourth-order valence-corrected chi connectivity index (χ4v) is 4.58. The minimum atomic E-state index is -0.227. The highest BCUT2D eigenvalue weighted by atomic mass is 35.5. The second kappa shape index (κ2) is 7.79. The lowest BCUT2D eigenvalue weighted by Crippen LogP contribution is -2.25. The van der Waals surface area contributed by atoms with Crippen molar-refractivity contribution >= 4 is 34.7 Å². The molecule has 4 rings (SSSR count). The van der Waals surface area contributed by atoms with Crippen LogP contribution in [0.15, 0.2) is 46.2 Å². The van der Waals surface area contributed by atoms with E-state index in [1.807, 2.05) is 24.3 Å². The van der Waals surface area contributed by atoms with Crippen molar-refractivity contribution < 1.29 is 9.47 Å². The van der Waals surface area contributed by atoms with Gasteiger partial charge in [0.2, 0.25) is 0 Å². The smallest absolute Gasteiger partial charge is 0.199 e. The van der Waals surface area contributed by atoms with E-state index in [2.05, 4.69) is 23.1 Å². The zero-order valence-corrected chi connectivity index (χ0v) is 15.9. The SMILES string of the molecule is N#CCCN1c2ccccc2Sc2cc(OC3CCCCO3)c(Cl)cc21. The van der Waals surface area contributed by atoms with Gasteiger partial charge in [0.25, 0.3) is 0 Å². The molecule has 1 fully saturated rings. The maximum Gasteiger partial charge on any atom is 0.199 e. The van der Waals surface area contributed by atoms with Gasteiger partial charge in [-0.15, -0.1) is 0 Å². The normalized spacial score (nSPS) is 18.6. The second-order valence-corrected chi connectivity index (χ2v) is 7.78. The van der Waals surface area contributed by atoms with E-state index in [1.165, 1.54) is 4.90 Å². The summed E-state index contributed by atoms with van der Waals surface area (Å²) in [6, 6.07) is 14.4. The van der Waals surface area contributed by atoms with E-state index in [4.69, 9.17) is 26.3 Å². The summed E-state index contributed by atoms with van der Waals surface area (Å²) in [4.78, 5) is 4.41. The molecule has 0 saturated carbocycles. The molecule has 2 aliphatic rings. The number of halogens is 1. The van der Waals surface area contributed by atoms with Gasteiger partial charge >= 0.3 is 0 Å². The van der Waals surface area contributed by atoms with Gasteiger partial charge in [-0.05, 0) is 37.1 Å². The lowest BCUT2D eigenvalue weighted by molar-refractivity contribution is -0.105. The van der Waals surface area contributed by atoms with E-state index in [1.54, 1.807) is 11.8 Å². The van der Waals surface area contributed by atoms with Crippen molar-refractivity contribution in [3.8, 4) is 11.8 Å². The molecule has 0 radical (unpaired) electrons. The summed E-state index contributed by atoms with van der Waals surface area (Å²) >= 11 is 8.23. The molecular weight excluding hydrogens is 368 g/mol. The molecule has 6 heteroatoms. The minimum Gasteiger partial charge on any atom is -0.463 e. The Kier molecular flexibility index (Phi) is 5.26. The third kappa shape index (κ3) is 3.50. The monoisotopic (exact) mass is 386 g/mol. The Hall–Kier alpha value is -1.87. The number of benzene rings is 2. The van der Waals surface area contributed by atoms with Gasteiger partial charge in [-0.2, -0.15) is 5.26 Å². The van der Waals surface area contributed by atoms with Gasteiger partial charge in [0.15, 0.2) is 6.29 Å². The van der Waals surface area contributed by atoms with Gasteiger partial charge in [0.05, 0.1) is 35.5 Å². The van der Waals surface area contributed by atoms with E-state index in [-0.39, 0.29) is 6.29 Å². The first-order chi connectivity index (χ1) is 12.8. The van der Waals surface area contributed by atoms with Crippen LogP contribution >= 0.6 is 23.4 Å². The number of nitriles is 1. The lowest BCUT2D eigenvalue weighted by Gasteiger charge is -2.33. The molecule has 2 aromatic rings. The highest BCUT2D eigenvalue weighted by Gasteiger charge is 2.26. The molecular formula is C20H19ClN2O2S. The first-order valence-corrected chi connectivity index (χ1v) is 9.99. The van der Waals surface area contributed by atoms with Crippen molar-refractivity contribution in [2.75, 3.05) is 18.1 Å². The van der Waals surface area contributed by atoms with Crippen LogP contribution in [0, 0.1) is 11.3 Å². The first-order valence-electron chi connectivity index (χ1n) is 8.79. The van der Waals surface area contributed by atoms with E-state index < -0.39 is 0 Å². The Morgan fingerprint density at radius 2 is 2.12 bits per heavy atom. The van der Waals surface area contributed by atoms with Crippen molar-refractivity contribution in [1.82, 2.24) is 0 Å². The number of fused-ring (bicyclic) bond motifs is 2. The molecule has 2 heterocycles. The van der Waals surface area contributed by atoms with Crippen LogP contribution in [0.1, 0.15) is 25.7 Å². The van der Waals surface area contributed by atoms with Crippen LogP contribution in [-0.4, -0.2) is 19.4 Å². The fraction of sp³-hybridized carbons (Fsp3) is 0.350. The van der Waals surface area contributed by atoms with Crippen LogP contribution in [0.25, 0.3) is 0 Å². The molecule has 0 amide bonds. The van der Waals surface area contributed by atoms with Crippen LogP contribution in [-0.2, 0) is 4.74 Å². The average molecular weight is 387 g/mol. The van der Waals surface area contributed by atoms with Gasteiger partial charge in [-0.1, -0.05) is 35.5 Å². The molecule has 26 heavy (non-hydrogen) atoms. The van der Waals surface area contributed by atoms with Gasteiger partial charge < -0.3 is 14.4 Å². The highest BCUT2D eigenvalue weighted by molar-refractivity contribution is 7.99. The number of anilines is 2. The van der Waals surface area contributed by atoms with Gasteiger partial charge in [-0.25, -0.2) is 0 Å². The summed E-state index contributed by atoms with van der Waals surface area (Å²) in [5, 5.41) is 9.60. The van der Waals surface area contributed by atoms with Gasteiger partial charge in [-0.3, -0.25) is 0 Å². The van der Waals surface area contributed by atoms with Crippen molar-refractivity contribution in [2.24, 2.45) is 0 Å². The maximum absolute atomic E-state index is 9.03. The van der Waals surface area contributed by atoms with Crippen LogP contribution < -0.4 is 9.64 Å². The molecule has 1 unspecified atom stereocenters. The molecule has 134 valence electrons. The largest absolute Gasteiger partial charge is 0.463 e. The summed E-state index contributed by atoms with van der Waals surface area (Å²) in [6.07, 6.45) is 3.30. The quantitative estimate of drug-likeness (QED) is 0.668. The molecule has 1 atom stereocenters. The predicted molar refractivity (Wildman–Crippen MR) is 103 cm³/mol. The summed E-state index contributed by atoms with van der Waals surface area (Å²) in [6.45, 7) is 1.36. The van der Waals surface area contributed by atoms with E-state index >= 15 is 0 Å². The van der Waals surface area contributed by atoms with Crippen molar-refractivity contribution in [2.45, 2.75) is 41.8 Å². The molecule has 0 bridgehead atoms. The molecule has 1 saturated heterocycles. The summed E-state index contributed by atoms with van der Waals surface area (Å²) in [7, 11) is 0. The number of para-hydroxylation sites is 1. The fourth-order valence-electron chi connectivity index (χ4n) is 3.27. The minimum absolute atomic E-state index is 0.227. The molecule has 0 aliphatic carbocycles. The van der Waals surface area contributed by atoms with Crippen LogP contribution in [0.3, 0.4) is 0 Å². The number of ether oxygens (including phenoxy) is 2. The topological polar surface area (TPSA) is 45.5 Å². The molecule has 0 N–H and O–H groups in total. The molecule has 4 nitrogen and oxygen atoms in total. The highest BCUT2D eigenvalue weighted by Crippen LogP contribution is 2.50. The Bertz CT molecular complexity index is 846. The Labute approximate surface area is 162 Å². The summed E-state index contributed by atoms with van der Waals surface area (Å²) < 4.78 is 11.7. The number of hydrogen-bond donors (Lipinski definition) is 0. The zero-order valence-electron chi connectivity index (χ0n) is 14.3. The van der Waals surface area contributed by atoms with Crippen molar-refractivity contribution in [3.63, 3.8) is 0 Å². The number of nitrogens with zero attached hydrogens (tertiary/aromatic N) is 2. The van der Waals surface area contributed by atoms with Crippen LogP contribution in [0.5, 0.6) is 5.75 Å². The van der Waals surface area contributed by atoms with Gasteiger partial charge in [0.1, 0.15) is 5.75 Å². The van der Waals surface area contributed by atoms with Gasteiger partial charge in [0, 0.05) is 22.8 Å². The van der Waals surface area contributed by atoms with E-state index in [0.29, 0.717) is 23.7 Å². The van der Waals surface area contributed by atoms with Crippen molar-refractivity contribution in [3.05, 3.63) is 41.4 Å². The Morgan fingerprint density at radius 1 is 1.23 bits per heavy atom. The molecule has 2 aromatic carbocycles. The lowest BCUT2D eigenvalue weighted by atomic mass is 10.2. The predicted octanol–water partition coefficient (Wildman–Crippen LogP) is 5.76. The molecule has 0 aromatic heterocycles. The first kappa shape index (κ1) is 17.5. The molecule has 2 aliphatic heterocycles. The summed E-state index contributed by atoms with van der Waals surface area (Å²) in [5.74, 6) is 0.657. The zero-order chi connectivity index (χ0) is 17.9. The number of rotatable bonds is 4. The van der Waals surface area contributed by atoms with Crippen LogP contribution in [0.4, 0.5) is 11.4 Å². The second-order valence-electron chi connectivity index (χ2n) is 6.29. The van der Waals surface area contributed by atoms with E-state index in [0.717, 1.165) is 42.1 Å². The Morgan fingerprint density at radius 3 is 2.92 bits per heavy atom. The average Bonchev–Trinajstić information content (AvgIpc) is 2.67. The summed E-state index contributed by atoms with van der Waals surface area (Å²) in [5.41, 5.74) is 2.13. The van der Waals surface area contributed by atoms with Crippen LogP contribution in [0.2, 0.25) is 5.02 Å².